The Morgan fingerprint density at radius 1 is 1.15 bits per heavy atom. The zero-order valence-corrected chi connectivity index (χ0v) is 14.0. The maximum atomic E-state index is 10.3. The topological polar surface area (TPSA) is 32.3 Å². The van der Waals surface area contributed by atoms with Gasteiger partial charge in [0.05, 0.1) is 6.10 Å². The van der Waals surface area contributed by atoms with Crippen LogP contribution in [0.5, 0.6) is 0 Å². The van der Waals surface area contributed by atoms with Crippen LogP contribution in [0.25, 0.3) is 0 Å². The standard InChI is InChI=1S/C17H29NOS/c1-5-18-12-14(4)17(19)15-6-8-16(9-7-15)20-11-10-13(2)3/h6-9,13-14,17-19H,5,10-12H2,1-4H3. The van der Waals surface area contributed by atoms with Crippen LogP contribution in [0.1, 0.15) is 45.8 Å². The van der Waals surface area contributed by atoms with Gasteiger partial charge < -0.3 is 10.4 Å². The Balaban J connectivity index is 2.48. The van der Waals surface area contributed by atoms with E-state index in [0.29, 0.717) is 0 Å². The summed E-state index contributed by atoms with van der Waals surface area (Å²) in [7, 11) is 0. The smallest absolute Gasteiger partial charge is 0.0827 e. The SMILES string of the molecule is CCNCC(C)C(O)c1ccc(SCCC(C)C)cc1. The van der Waals surface area contributed by atoms with Gasteiger partial charge in [-0.1, -0.05) is 39.8 Å². The normalized spacial score (nSPS) is 14.5. The van der Waals surface area contributed by atoms with Gasteiger partial charge in [0.1, 0.15) is 0 Å². The Hall–Kier alpha value is -0.510. The highest BCUT2D eigenvalue weighted by atomic mass is 32.2. The molecule has 0 heterocycles. The first kappa shape index (κ1) is 17.5. The summed E-state index contributed by atoms with van der Waals surface area (Å²) in [5.41, 5.74) is 1.02. The highest BCUT2D eigenvalue weighted by molar-refractivity contribution is 7.99. The summed E-state index contributed by atoms with van der Waals surface area (Å²) in [6.45, 7) is 10.5. The van der Waals surface area contributed by atoms with Gasteiger partial charge >= 0.3 is 0 Å². The first-order chi connectivity index (χ1) is 9.54. The van der Waals surface area contributed by atoms with E-state index in [1.807, 2.05) is 11.8 Å². The van der Waals surface area contributed by atoms with Crippen LogP contribution in [0.3, 0.4) is 0 Å². The van der Waals surface area contributed by atoms with E-state index in [9.17, 15) is 5.11 Å². The third-order valence-corrected chi connectivity index (χ3v) is 4.49. The summed E-state index contributed by atoms with van der Waals surface area (Å²) in [4.78, 5) is 1.29. The molecule has 0 amide bonds. The lowest BCUT2D eigenvalue weighted by molar-refractivity contribution is 0.117. The lowest BCUT2D eigenvalue weighted by Crippen LogP contribution is -2.25. The molecule has 1 rings (SSSR count). The molecule has 0 saturated carbocycles. The van der Waals surface area contributed by atoms with Crippen LogP contribution in [0.15, 0.2) is 29.2 Å². The molecule has 0 aliphatic rings. The Morgan fingerprint density at radius 2 is 1.80 bits per heavy atom. The molecule has 2 nitrogen and oxygen atoms in total. The average molecular weight is 295 g/mol. The van der Waals surface area contributed by atoms with E-state index in [2.05, 4.69) is 57.3 Å². The van der Waals surface area contributed by atoms with E-state index in [-0.39, 0.29) is 12.0 Å². The van der Waals surface area contributed by atoms with Crippen LogP contribution in [-0.2, 0) is 0 Å². The molecule has 0 aromatic heterocycles. The highest BCUT2D eigenvalue weighted by Gasteiger charge is 2.15. The number of rotatable bonds is 9. The predicted octanol–water partition coefficient (Wildman–Crippen LogP) is 4.10. The van der Waals surface area contributed by atoms with Crippen molar-refractivity contribution in [2.45, 2.75) is 45.1 Å². The van der Waals surface area contributed by atoms with Crippen molar-refractivity contribution < 1.29 is 5.11 Å². The van der Waals surface area contributed by atoms with Crippen LogP contribution < -0.4 is 5.32 Å². The van der Waals surface area contributed by atoms with Crippen molar-refractivity contribution in [2.75, 3.05) is 18.8 Å². The van der Waals surface area contributed by atoms with Crippen molar-refractivity contribution >= 4 is 11.8 Å². The predicted molar refractivity (Wildman–Crippen MR) is 89.3 cm³/mol. The fourth-order valence-corrected chi connectivity index (χ4v) is 3.14. The molecule has 114 valence electrons. The van der Waals surface area contributed by atoms with Crippen LogP contribution in [0, 0.1) is 11.8 Å². The quantitative estimate of drug-likeness (QED) is 0.673. The van der Waals surface area contributed by atoms with Gasteiger partial charge in [-0.2, -0.15) is 0 Å². The first-order valence-electron chi connectivity index (χ1n) is 7.66. The van der Waals surface area contributed by atoms with Gasteiger partial charge in [-0.15, -0.1) is 11.8 Å². The van der Waals surface area contributed by atoms with E-state index in [1.165, 1.54) is 11.3 Å². The van der Waals surface area contributed by atoms with E-state index in [0.717, 1.165) is 30.3 Å². The van der Waals surface area contributed by atoms with Gasteiger partial charge in [-0.05, 0) is 48.3 Å². The fraction of sp³-hybridized carbons (Fsp3) is 0.647. The minimum atomic E-state index is -0.385. The molecule has 3 heteroatoms. The van der Waals surface area contributed by atoms with Crippen LogP contribution >= 0.6 is 11.8 Å². The van der Waals surface area contributed by atoms with Gasteiger partial charge in [-0.25, -0.2) is 0 Å². The monoisotopic (exact) mass is 295 g/mol. The second kappa shape index (κ2) is 9.43. The van der Waals surface area contributed by atoms with Crippen LogP contribution in [0.2, 0.25) is 0 Å². The number of aliphatic hydroxyl groups excluding tert-OH is 1. The summed E-state index contributed by atoms with van der Waals surface area (Å²) < 4.78 is 0. The molecule has 0 fully saturated rings. The number of thioether (sulfide) groups is 1. The van der Waals surface area contributed by atoms with Gasteiger partial charge in [0, 0.05) is 11.4 Å². The molecule has 0 aliphatic heterocycles. The molecular formula is C17H29NOS. The lowest BCUT2D eigenvalue weighted by Gasteiger charge is -2.19. The second-order valence-corrected chi connectivity index (χ2v) is 7.00. The molecule has 0 spiro atoms. The Labute approximate surface area is 128 Å². The summed E-state index contributed by atoms with van der Waals surface area (Å²) >= 11 is 1.90. The van der Waals surface area contributed by atoms with Crippen LogP contribution in [0.4, 0.5) is 0 Å². The van der Waals surface area contributed by atoms with Crippen molar-refractivity contribution in [3.8, 4) is 0 Å². The fourth-order valence-electron chi connectivity index (χ4n) is 1.99. The Bertz CT molecular complexity index is 364. The first-order valence-corrected chi connectivity index (χ1v) is 8.64. The maximum absolute atomic E-state index is 10.3. The van der Waals surface area contributed by atoms with Gasteiger partial charge in [0.25, 0.3) is 0 Å². The molecule has 0 bridgehead atoms. The van der Waals surface area contributed by atoms with Crippen molar-refractivity contribution in [1.29, 1.82) is 0 Å². The number of hydrogen-bond acceptors (Lipinski definition) is 3. The van der Waals surface area contributed by atoms with Gasteiger partial charge in [0.2, 0.25) is 0 Å². The van der Waals surface area contributed by atoms with E-state index in [1.54, 1.807) is 0 Å². The number of benzene rings is 1. The number of nitrogens with one attached hydrogen (secondary N) is 1. The van der Waals surface area contributed by atoms with E-state index in [4.69, 9.17) is 0 Å². The molecule has 2 atom stereocenters. The maximum Gasteiger partial charge on any atom is 0.0827 e. The average Bonchev–Trinajstić information content (AvgIpc) is 2.44. The van der Waals surface area contributed by atoms with Crippen LogP contribution in [-0.4, -0.2) is 23.9 Å². The number of aliphatic hydroxyl groups is 1. The van der Waals surface area contributed by atoms with Gasteiger partial charge in [-0.3, -0.25) is 0 Å². The molecular weight excluding hydrogens is 266 g/mol. The zero-order chi connectivity index (χ0) is 15.0. The summed E-state index contributed by atoms with van der Waals surface area (Å²) in [5.74, 6) is 2.15. The Morgan fingerprint density at radius 3 is 2.35 bits per heavy atom. The van der Waals surface area contributed by atoms with Crippen molar-refractivity contribution in [3.05, 3.63) is 29.8 Å². The minimum absolute atomic E-state index is 0.231. The van der Waals surface area contributed by atoms with Crippen molar-refractivity contribution in [2.24, 2.45) is 11.8 Å². The lowest BCUT2D eigenvalue weighted by atomic mass is 9.97. The third-order valence-electron chi connectivity index (χ3n) is 3.44. The zero-order valence-electron chi connectivity index (χ0n) is 13.2. The largest absolute Gasteiger partial charge is 0.388 e. The minimum Gasteiger partial charge on any atom is -0.388 e. The van der Waals surface area contributed by atoms with Gasteiger partial charge in [0.15, 0.2) is 0 Å². The summed E-state index contributed by atoms with van der Waals surface area (Å²) in [5, 5.41) is 13.6. The Kier molecular flexibility index (Phi) is 8.27. The molecule has 2 N–H and O–H groups in total. The van der Waals surface area contributed by atoms with Crippen molar-refractivity contribution in [3.63, 3.8) is 0 Å². The van der Waals surface area contributed by atoms with Crippen molar-refractivity contribution in [1.82, 2.24) is 5.32 Å². The molecule has 0 saturated heterocycles. The molecule has 1 aromatic rings. The van der Waals surface area contributed by atoms with E-state index < -0.39 is 0 Å². The summed E-state index contributed by atoms with van der Waals surface area (Å²) in [6.07, 6.45) is 0.859. The summed E-state index contributed by atoms with van der Waals surface area (Å²) in [6, 6.07) is 8.38. The third kappa shape index (κ3) is 6.29. The van der Waals surface area contributed by atoms with E-state index >= 15 is 0 Å². The number of hydrogen-bond donors (Lipinski definition) is 2. The molecule has 2 unspecified atom stereocenters. The molecule has 0 aliphatic carbocycles. The highest BCUT2D eigenvalue weighted by Crippen LogP contribution is 2.25. The molecule has 1 aromatic carbocycles. The molecule has 0 radical (unpaired) electrons. The second-order valence-electron chi connectivity index (χ2n) is 5.83. The molecule has 20 heavy (non-hydrogen) atoms.